The third-order valence-electron chi connectivity index (χ3n) is 2.06. The Kier molecular flexibility index (Phi) is 10.8. The van der Waals surface area contributed by atoms with Crippen LogP contribution in [0.5, 0.6) is 0 Å². The number of ether oxygens (including phenoxy) is 2. The minimum Gasteiger partial charge on any atom is -0.452 e. The highest BCUT2D eigenvalue weighted by Gasteiger charge is 2.36. The number of rotatable bonds is 11. The maximum atomic E-state index is 12.3. The molecule has 9 heteroatoms. The Morgan fingerprint density at radius 2 is 1.57 bits per heavy atom. The number of hydrogen-bond donors (Lipinski definition) is 0. The summed E-state index contributed by atoms with van der Waals surface area (Å²) in [6.45, 7) is 2.50. The van der Waals surface area contributed by atoms with Crippen molar-refractivity contribution in [2.45, 2.75) is 26.4 Å². The van der Waals surface area contributed by atoms with Gasteiger partial charge in [0.25, 0.3) is 0 Å². The van der Waals surface area contributed by atoms with Crippen LogP contribution in [0.3, 0.4) is 0 Å². The van der Waals surface area contributed by atoms with E-state index in [9.17, 15) is 14.2 Å². The molecule has 0 bridgehead atoms. The van der Waals surface area contributed by atoms with Crippen LogP contribution in [0.1, 0.15) is 20.3 Å². The lowest BCUT2D eigenvalue weighted by molar-refractivity contribution is -0.158. The van der Waals surface area contributed by atoms with Gasteiger partial charge < -0.3 is 9.47 Å². The van der Waals surface area contributed by atoms with Gasteiger partial charge >= 0.3 is 19.8 Å². The third kappa shape index (κ3) is 9.02. The molecule has 0 saturated heterocycles. The maximum Gasteiger partial charge on any atom is 0.475 e. The predicted octanol–water partition coefficient (Wildman–Crippen LogP) is 1.30. The summed E-state index contributed by atoms with van der Waals surface area (Å²) >= 11 is 0. The Morgan fingerprint density at radius 3 is 2.04 bits per heavy atom. The van der Waals surface area contributed by atoms with Crippen molar-refractivity contribution in [2.24, 2.45) is 0 Å². The molecule has 0 radical (unpaired) electrons. The van der Waals surface area contributed by atoms with Gasteiger partial charge in [0.05, 0.1) is 19.6 Å². The molecule has 0 aliphatic heterocycles. The van der Waals surface area contributed by atoms with E-state index in [0.717, 1.165) is 0 Å². The Morgan fingerprint density at radius 1 is 1.04 bits per heavy atom. The molecule has 1 atom stereocenters. The number of phosphoric ester groups is 1. The molecule has 0 spiro atoms. The van der Waals surface area contributed by atoms with Crippen molar-refractivity contribution in [3.63, 3.8) is 0 Å². The molecule has 8 nitrogen and oxygen atoms in total. The SMILES string of the molecule is C#CCOC(=O)CC(OP(=O)(OCC)OCC)C(=O)OCC#C. The number of carbonyl (C=O) groups is 2. The van der Waals surface area contributed by atoms with Crippen LogP contribution in [0, 0.1) is 24.7 Å². The number of phosphoric acid groups is 1. The molecule has 0 heterocycles. The summed E-state index contributed by atoms with van der Waals surface area (Å²) in [4.78, 5) is 23.4. The number of terminal acetylenes is 2. The fourth-order valence-electron chi connectivity index (χ4n) is 1.27. The summed E-state index contributed by atoms with van der Waals surface area (Å²) in [5, 5.41) is 0. The molecule has 0 rings (SSSR count). The van der Waals surface area contributed by atoms with Crippen LogP contribution in [-0.2, 0) is 37.2 Å². The average molecular weight is 346 g/mol. The Labute approximate surface area is 135 Å². The van der Waals surface area contributed by atoms with Crippen LogP contribution >= 0.6 is 7.82 Å². The Balaban J connectivity index is 5.05. The van der Waals surface area contributed by atoms with Gasteiger partial charge in [-0.3, -0.25) is 18.4 Å². The highest BCUT2D eigenvalue weighted by atomic mass is 31.2. The highest BCUT2D eigenvalue weighted by molar-refractivity contribution is 7.48. The fourth-order valence-corrected chi connectivity index (χ4v) is 2.57. The first-order valence-electron chi connectivity index (χ1n) is 6.69. The zero-order valence-electron chi connectivity index (χ0n) is 13.0. The second-order valence-electron chi connectivity index (χ2n) is 3.76. The molecule has 1 unspecified atom stereocenters. The second kappa shape index (κ2) is 11.7. The predicted molar refractivity (Wildman–Crippen MR) is 79.9 cm³/mol. The summed E-state index contributed by atoms with van der Waals surface area (Å²) in [6.07, 6.45) is 7.78. The minimum atomic E-state index is -4.04. The van der Waals surface area contributed by atoms with Gasteiger partial charge in [0.2, 0.25) is 0 Å². The molecule has 0 N–H and O–H groups in total. The van der Waals surface area contributed by atoms with E-state index in [1.807, 2.05) is 0 Å². The highest BCUT2D eigenvalue weighted by Crippen LogP contribution is 2.50. The van der Waals surface area contributed by atoms with Crippen molar-refractivity contribution >= 4 is 19.8 Å². The van der Waals surface area contributed by atoms with E-state index in [4.69, 9.17) is 26.4 Å². The zero-order chi connectivity index (χ0) is 17.7. The van der Waals surface area contributed by atoms with Crippen molar-refractivity contribution in [1.29, 1.82) is 0 Å². The molecule has 128 valence electrons. The second-order valence-corrected chi connectivity index (χ2v) is 5.38. The first-order valence-corrected chi connectivity index (χ1v) is 8.15. The van der Waals surface area contributed by atoms with Gasteiger partial charge in [-0.15, -0.1) is 12.8 Å². The Bertz CT molecular complexity index is 506. The first-order chi connectivity index (χ1) is 10.9. The quantitative estimate of drug-likeness (QED) is 0.314. The molecule has 0 fully saturated rings. The fraction of sp³-hybridized carbons (Fsp3) is 0.571. The average Bonchev–Trinajstić information content (AvgIpc) is 2.50. The standard InChI is InChI=1S/C14H19O8P/c1-5-9-18-13(15)11-12(14(16)19-10-6-2)22-23(17,20-7-3)21-8-4/h1-2,12H,7-11H2,3-4H3. The summed E-state index contributed by atoms with van der Waals surface area (Å²) in [5.74, 6) is 2.33. The van der Waals surface area contributed by atoms with Crippen molar-refractivity contribution in [2.75, 3.05) is 26.4 Å². The third-order valence-corrected chi connectivity index (χ3v) is 3.72. The number of carbonyl (C=O) groups excluding carboxylic acids is 2. The van der Waals surface area contributed by atoms with Gasteiger partial charge in [0, 0.05) is 0 Å². The van der Waals surface area contributed by atoms with Crippen LogP contribution in [0.2, 0.25) is 0 Å². The summed E-state index contributed by atoms with van der Waals surface area (Å²) in [5.41, 5.74) is 0. The van der Waals surface area contributed by atoms with E-state index in [2.05, 4.69) is 21.3 Å². The zero-order valence-corrected chi connectivity index (χ0v) is 13.9. The molecule has 0 aliphatic carbocycles. The van der Waals surface area contributed by atoms with E-state index >= 15 is 0 Å². The molecule has 0 aromatic rings. The molecule has 0 amide bonds. The first kappa shape index (κ1) is 21.2. The molecule has 0 aromatic carbocycles. The van der Waals surface area contributed by atoms with Crippen molar-refractivity contribution in [1.82, 2.24) is 0 Å². The van der Waals surface area contributed by atoms with Gasteiger partial charge in [0.15, 0.2) is 19.3 Å². The van der Waals surface area contributed by atoms with Gasteiger partial charge in [-0.1, -0.05) is 11.8 Å². The maximum absolute atomic E-state index is 12.3. The normalized spacial score (nSPS) is 11.8. The number of hydrogen-bond acceptors (Lipinski definition) is 8. The topological polar surface area (TPSA) is 97.4 Å². The molecular weight excluding hydrogens is 327 g/mol. The van der Waals surface area contributed by atoms with Crippen LogP contribution in [0.4, 0.5) is 0 Å². The smallest absolute Gasteiger partial charge is 0.452 e. The van der Waals surface area contributed by atoms with Crippen LogP contribution in [0.25, 0.3) is 0 Å². The molecule has 23 heavy (non-hydrogen) atoms. The van der Waals surface area contributed by atoms with Gasteiger partial charge in [-0.2, -0.15) is 0 Å². The molecule has 0 aliphatic rings. The van der Waals surface area contributed by atoms with Crippen molar-refractivity contribution < 1.29 is 37.2 Å². The lowest BCUT2D eigenvalue weighted by Gasteiger charge is -2.21. The Hall–Kier alpha value is -1.83. The van der Waals surface area contributed by atoms with Crippen molar-refractivity contribution in [3.05, 3.63) is 0 Å². The van der Waals surface area contributed by atoms with Crippen LogP contribution < -0.4 is 0 Å². The lowest BCUT2D eigenvalue weighted by atomic mass is 10.2. The van der Waals surface area contributed by atoms with Gasteiger partial charge in [-0.25, -0.2) is 9.36 Å². The van der Waals surface area contributed by atoms with Crippen molar-refractivity contribution in [3.8, 4) is 24.7 Å². The van der Waals surface area contributed by atoms with Gasteiger partial charge in [0.1, 0.15) is 0 Å². The van der Waals surface area contributed by atoms with E-state index < -0.39 is 32.3 Å². The van der Waals surface area contributed by atoms with Crippen LogP contribution in [0.15, 0.2) is 0 Å². The number of esters is 2. The summed E-state index contributed by atoms with van der Waals surface area (Å²) < 4.78 is 36.5. The monoisotopic (exact) mass is 346 g/mol. The summed E-state index contributed by atoms with van der Waals surface area (Å²) in [6, 6.07) is 0. The molecule has 0 aromatic heterocycles. The molecular formula is C14H19O8P. The van der Waals surface area contributed by atoms with E-state index in [1.54, 1.807) is 13.8 Å². The van der Waals surface area contributed by atoms with E-state index in [0.29, 0.717) is 0 Å². The van der Waals surface area contributed by atoms with Crippen LogP contribution in [-0.4, -0.2) is 44.5 Å². The summed E-state index contributed by atoms with van der Waals surface area (Å²) in [7, 11) is -4.04. The molecule has 0 saturated carbocycles. The lowest BCUT2D eigenvalue weighted by Crippen LogP contribution is -2.30. The van der Waals surface area contributed by atoms with Gasteiger partial charge in [-0.05, 0) is 13.8 Å². The largest absolute Gasteiger partial charge is 0.475 e. The van der Waals surface area contributed by atoms with E-state index in [1.165, 1.54) is 0 Å². The van der Waals surface area contributed by atoms with E-state index in [-0.39, 0.29) is 26.4 Å². The minimum absolute atomic E-state index is 0.00490.